The van der Waals surface area contributed by atoms with Gasteiger partial charge in [-0.05, 0) is 24.8 Å². The minimum atomic E-state index is -6.63. The third-order valence-corrected chi connectivity index (χ3v) is 3.13. The van der Waals surface area contributed by atoms with Gasteiger partial charge in [0.15, 0.2) is 0 Å². The number of benzene rings is 1. The van der Waals surface area contributed by atoms with Crippen LogP contribution in [-0.2, 0) is 6.42 Å². The van der Waals surface area contributed by atoms with Crippen molar-refractivity contribution in [2.24, 2.45) is 0 Å². The SMILES string of the molecule is FC(F)(F)C(F)(F)C(F)(CCCc1ccccc1)C(F)(F)F. The van der Waals surface area contributed by atoms with Crippen molar-refractivity contribution >= 4 is 0 Å². The van der Waals surface area contributed by atoms with Gasteiger partial charge in [0.1, 0.15) is 0 Å². The topological polar surface area (TPSA) is 0 Å². The monoisotopic (exact) mass is 338 g/mol. The summed E-state index contributed by atoms with van der Waals surface area (Å²) >= 11 is 0. The molecule has 0 nitrogen and oxygen atoms in total. The molecule has 1 unspecified atom stereocenters. The lowest BCUT2D eigenvalue weighted by atomic mass is 9.89. The van der Waals surface area contributed by atoms with Gasteiger partial charge in [-0.25, -0.2) is 4.39 Å². The first-order chi connectivity index (χ1) is 9.83. The smallest absolute Gasteiger partial charge is 0.227 e. The van der Waals surface area contributed by atoms with Crippen molar-refractivity contribution in [3.63, 3.8) is 0 Å². The maximum absolute atomic E-state index is 13.7. The Hall–Kier alpha value is -1.41. The Morgan fingerprint density at radius 2 is 1.18 bits per heavy atom. The second-order valence-corrected chi connectivity index (χ2v) is 4.71. The summed E-state index contributed by atoms with van der Waals surface area (Å²) in [7, 11) is 0. The van der Waals surface area contributed by atoms with Crippen molar-refractivity contribution < 1.29 is 39.5 Å². The lowest BCUT2D eigenvalue weighted by Crippen LogP contribution is -2.62. The maximum atomic E-state index is 13.7. The van der Waals surface area contributed by atoms with Gasteiger partial charge in [-0.15, -0.1) is 0 Å². The zero-order valence-corrected chi connectivity index (χ0v) is 10.9. The number of hydrogen-bond donors (Lipinski definition) is 0. The molecule has 1 aromatic carbocycles. The second kappa shape index (κ2) is 6.00. The van der Waals surface area contributed by atoms with E-state index in [1.54, 1.807) is 6.07 Å². The van der Waals surface area contributed by atoms with Crippen LogP contribution in [0.2, 0.25) is 0 Å². The Balaban J connectivity index is 2.95. The van der Waals surface area contributed by atoms with Gasteiger partial charge in [0.2, 0.25) is 0 Å². The van der Waals surface area contributed by atoms with Crippen molar-refractivity contribution in [2.75, 3.05) is 0 Å². The van der Waals surface area contributed by atoms with E-state index in [0.29, 0.717) is 5.56 Å². The van der Waals surface area contributed by atoms with Gasteiger partial charge in [-0.1, -0.05) is 30.3 Å². The lowest BCUT2D eigenvalue weighted by Gasteiger charge is -2.35. The molecular weight excluding hydrogens is 327 g/mol. The summed E-state index contributed by atoms with van der Waals surface area (Å²) < 4.78 is 114. The zero-order chi connectivity index (χ0) is 17.2. The normalized spacial score (nSPS) is 16.4. The fourth-order valence-corrected chi connectivity index (χ4v) is 1.88. The molecule has 0 spiro atoms. The van der Waals surface area contributed by atoms with Gasteiger partial charge < -0.3 is 0 Å². The van der Waals surface area contributed by atoms with Gasteiger partial charge in [0.05, 0.1) is 0 Å². The molecule has 0 radical (unpaired) electrons. The number of rotatable bonds is 5. The van der Waals surface area contributed by atoms with Crippen LogP contribution in [0, 0.1) is 0 Å². The number of hydrogen-bond acceptors (Lipinski definition) is 0. The van der Waals surface area contributed by atoms with E-state index in [0.717, 1.165) is 0 Å². The minimum absolute atomic E-state index is 0.253. The van der Waals surface area contributed by atoms with Crippen molar-refractivity contribution in [3.8, 4) is 0 Å². The average molecular weight is 338 g/mol. The predicted octanol–water partition coefficient (Wildman–Crippen LogP) is 5.48. The third-order valence-electron chi connectivity index (χ3n) is 3.13. The van der Waals surface area contributed by atoms with Crippen LogP contribution in [0.1, 0.15) is 18.4 Å². The molecule has 0 bridgehead atoms. The summed E-state index contributed by atoms with van der Waals surface area (Å²) in [5.41, 5.74) is -5.25. The lowest BCUT2D eigenvalue weighted by molar-refractivity contribution is -0.384. The van der Waals surface area contributed by atoms with Gasteiger partial charge >= 0.3 is 18.3 Å². The van der Waals surface area contributed by atoms with Gasteiger partial charge in [-0.3, -0.25) is 0 Å². The molecule has 0 aliphatic carbocycles. The minimum Gasteiger partial charge on any atom is -0.227 e. The summed E-state index contributed by atoms with van der Waals surface area (Å²) in [5, 5.41) is 0. The van der Waals surface area contributed by atoms with Gasteiger partial charge in [0.25, 0.3) is 5.67 Å². The van der Waals surface area contributed by atoms with Crippen molar-refractivity contribution in [2.45, 2.75) is 43.2 Å². The van der Waals surface area contributed by atoms with Crippen LogP contribution in [0.15, 0.2) is 30.3 Å². The van der Waals surface area contributed by atoms with Crippen LogP contribution in [-0.4, -0.2) is 23.9 Å². The van der Waals surface area contributed by atoms with Crippen LogP contribution in [0.3, 0.4) is 0 Å². The molecular formula is C13H11F9. The first-order valence-electron chi connectivity index (χ1n) is 6.07. The highest BCUT2D eigenvalue weighted by molar-refractivity contribution is 5.15. The highest BCUT2D eigenvalue weighted by Gasteiger charge is 2.80. The van der Waals surface area contributed by atoms with E-state index in [1.807, 2.05) is 0 Å². The maximum Gasteiger partial charge on any atom is 0.457 e. The Morgan fingerprint density at radius 1 is 0.682 bits per heavy atom. The molecule has 0 amide bonds. The molecule has 0 aliphatic rings. The Morgan fingerprint density at radius 3 is 1.59 bits per heavy atom. The van der Waals surface area contributed by atoms with E-state index >= 15 is 0 Å². The summed E-state index contributed by atoms with van der Waals surface area (Å²) in [6.45, 7) is 0. The van der Waals surface area contributed by atoms with Gasteiger partial charge in [0, 0.05) is 0 Å². The van der Waals surface area contributed by atoms with E-state index in [1.165, 1.54) is 24.3 Å². The molecule has 0 saturated carbocycles. The molecule has 0 aromatic heterocycles. The molecule has 0 fully saturated rings. The predicted molar refractivity (Wildman–Crippen MR) is 60.3 cm³/mol. The summed E-state index contributed by atoms with van der Waals surface area (Å²) in [4.78, 5) is 0. The Bertz CT molecular complexity index is 475. The second-order valence-electron chi connectivity index (χ2n) is 4.71. The molecule has 0 aliphatic heterocycles. The summed E-state index contributed by atoms with van der Waals surface area (Å²) in [6, 6.07) is 7.47. The molecule has 1 rings (SSSR count). The van der Waals surface area contributed by atoms with E-state index in [9.17, 15) is 39.5 Å². The number of aryl methyl sites for hydroxylation is 1. The molecule has 9 heteroatoms. The molecule has 1 atom stereocenters. The fourth-order valence-electron chi connectivity index (χ4n) is 1.88. The number of halogens is 9. The largest absolute Gasteiger partial charge is 0.457 e. The highest BCUT2D eigenvalue weighted by atomic mass is 19.4. The van der Waals surface area contributed by atoms with Crippen LogP contribution in [0.5, 0.6) is 0 Å². The van der Waals surface area contributed by atoms with Crippen LogP contribution in [0.4, 0.5) is 39.5 Å². The third kappa shape index (κ3) is 3.49. The molecule has 126 valence electrons. The van der Waals surface area contributed by atoms with Gasteiger partial charge in [-0.2, -0.15) is 35.1 Å². The molecule has 0 N–H and O–H groups in total. The quantitative estimate of drug-likeness (QED) is 0.624. The number of alkyl halides is 9. The first-order valence-corrected chi connectivity index (χ1v) is 6.07. The standard InChI is InChI=1S/C13H11F9/c14-10(12(17,18)19,11(15,16)13(20,21)22)8-4-7-9-5-2-1-3-6-9/h1-3,5-6H,4,7-8H2. The average Bonchev–Trinajstić information content (AvgIpc) is 2.37. The van der Waals surface area contributed by atoms with E-state index in [2.05, 4.69) is 0 Å². The van der Waals surface area contributed by atoms with E-state index in [-0.39, 0.29) is 6.42 Å². The van der Waals surface area contributed by atoms with Crippen LogP contribution < -0.4 is 0 Å². The van der Waals surface area contributed by atoms with E-state index < -0.39 is 36.8 Å². The van der Waals surface area contributed by atoms with Crippen LogP contribution in [0.25, 0.3) is 0 Å². The van der Waals surface area contributed by atoms with Crippen molar-refractivity contribution in [3.05, 3.63) is 35.9 Å². The Kier molecular flexibility index (Phi) is 5.08. The van der Waals surface area contributed by atoms with Crippen LogP contribution >= 0.6 is 0 Å². The summed E-state index contributed by atoms with van der Waals surface area (Å²) in [6.07, 6.45) is -16.0. The van der Waals surface area contributed by atoms with E-state index in [4.69, 9.17) is 0 Å². The molecule has 1 aromatic rings. The molecule has 22 heavy (non-hydrogen) atoms. The van der Waals surface area contributed by atoms with Crippen molar-refractivity contribution in [1.29, 1.82) is 0 Å². The highest BCUT2D eigenvalue weighted by Crippen LogP contribution is 2.54. The Labute approximate surface area is 119 Å². The van der Waals surface area contributed by atoms with Crippen molar-refractivity contribution in [1.82, 2.24) is 0 Å². The molecule has 0 saturated heterocycles. The zero-order valence-electron chi connectivity index (χ0n) is 10.9. The summed E-state index contributed by atoms with van der Waals surface area (Å²) in [5.74, 6) is -6.52. The first kappa shape index (κ1) is 18.6. The fraction of sp³-hybridized carbons (Fsp3) is 0.538. The molecule has 0 heterocycles.